The molecule has 0 aliphatic heterocycles. The molecule has 0 spiro atoms. The zero-order valence-electron chi connectivity index (χ0n) is 8.10. The highest BCUT2D eigenvalue weighted by molar-refractivity contribution is 7.99. The molecule has 4 heteroatoms. The van der Waals surface area contributed by atoms with Gasteiger partial charge in [-0.1, -0.05) is 18.2 Å². The third-order valence-electron chi connectivity index (χ3n) is 1.27. The van der Waals surface area contributed by atoms with Crippen molar-refractivity contribution < 1.29 is 10.2 Å². The summed E-state index contributed by atoms with van der Waals surface area (Å²) in [6.45, 7) is 0.426. The minimum Gasteiger partial charge on any atom is -0.399 e. The molecule has 0 unspecified atom stereocenters. The van der Waals surface area contributed by atoms with Gasteiger partial charge in [0.25, 0.3) is 0 Å². The summed E-state index contributed by atoms with van der Waals surface area (Å²) in [7, 11) is 0. The lowest BCUT2D eigenvalue weighted by Crippen LogP contribution is -1.91. The van der Waals surface area contributed by atoms with E-state index in [1.54, 1.807) is 11.8 Å². The number of para-hydroxylation sites is 1. The van der Waals surface area contributed by atoms with Gasteiger partial charge in [-0.15, -0.1) is 0 Å². The molecule has 14 heavy (non-hydrogen) atoms. The van der Waals surface area contributed by atoms with Crippen LogP contribution in [-0.2, 0) is 0 Å². The van der Waals surface area contributed by atoms with E-state index in [0.717, 1.165) is 17.2 Å². The highest BCUT2D eigenvalue weighted by Gasteiger charge is 1.81. The van der Waals surface area contributed by atoms with Gasteiger partial charge in [-0.2, -0.15) is 11.8 Å². The van der Waals surface area contributed by atoms with Gasteiger partial charge in [0.05, 0.1) is 13.2 Å². The Morgan fingerprint density at radius 2 is 1.50 bits per heavy atom. The number of aliphatic hydroxyl groups is 2. The first-order valence-electron chi connectivity index (χ1n) is 4.41. The van der Waals surface area contributed by atoms with Crippen LogP contribution in [0.25, 0.3) is 0 Å². The Kier molecular flexibility index (Phi) is 9.85. The van der Waals surface area contributed by atoms with Crippen LogP contribution in [0.1, 0.15) is 0 Å². The van der Waals surface area contributed by atoms with E-state index in [4.69, 9.17) is 15.9 Å². The number of nitrogens with two attached hydrogens (primary N) is 1. The van der Waals surface area contributed by atoms with E-state index in [0.29, 0.717) is 0 Å². The Balaban J connectivity index is 0.000000241. The third-order valence-corrected chi connectivity index (χ3v) is 2.21. The van der Waals surface area contributed by atoms with Crippen molar-refractivity contribution in [2.75, 3.05) is 30.5 Å². The van der Waals surface area contributed by atoms with Gasteiger partial charge in [0.1, 0.15) is 0 Å². The summed E-state index contributed by atoms with van der Waals surface area (Å²) in [6, 6.07) is 9.49. The number of hydrogen-bond donors (Lipinski definition) is 3. The molecule has 0 saturated heterocycles. The van der Waals surface area contributed by atoms with E-state index in [2.05, 4.69) is 0 Å². The molecule has 1 aromatic rings. The maximum Gasteiger partial charge on any atom is 0.0521 e. The standard InChI is InChI=1S/C6H7N.C4H10O2S/c7-6-4-2-1-3-5-6;5-1-3-7-4-2-6/h1-5H,7H2;5-6H,1-4H2. The molecule has 0 fully saturated rings. The summed E-state index contributed by atoms with van der Waals surface area (Å²) in [4.78, 5) is 0. The van der Waals surface area contributed by atoms with Crippen LogP contribution in [0.2, 0.25) is 0 Å². The number of nitrogen functional groups attached to an aromatic ring is 1. The SMILES string of the molecule is Nc1ccccc1.OCCSCCO. The molecule has 0 atom stereocenters. The van der Waals surface area contributed by atoms with Gasteiger partial charge in [-0.25, -0.2) is 0 Å². The molecule has 1 aromatic carbocycles. The Labute approximate surface area is 88.9 Å². The van der Waals surface area contributed by atoms with Gasteiger partial charge in [-0.3, -0.25) is 0 Å². The van der Waals surface area contributed by atoms with E-state index in [1.807, 2.05) is 30.3 Å². The lowest BCUT2D eigenvalue weighted by Gasteiger charge is -1.90. The van der Waals surface area contributed by atoms with Gasteiger partial charge in [0.2, 0.25) is 0 Å². The summed E-state index contributed by atoms with van der Waals surface area (Å²) in [5.74, 6) is 1.47. The van der Waals surface area contributed by atoms with Crippen LogP contribution in [0, 0.1) is 0 Å². The van der Waals surface area contributed by atoms with Crippen molar-refractivity contribution in [3.8, 4) is 0 Å². The van der Waals surface area contributed by atoms with Crippen LogP contribution in [0.5, 0.6) is 0 Å². The van der Waals surface area contributed by atoms with Crippen molar-refractivity contribution in [2.24, 2.45) is 0 Å². The molecule has 0 aliphatic rings. The predicted octanol–water partition coefficient (Wildman–Crippen LogP) is 0.973. The largest absolute Gasteiger partial charge is 0.399 e. The lowest BCUT2D eigenvalue weighted by molar-refractivity contribution is 0.318. The number of aliphatic hydroxyl groups excluding tert-OH is 2. The highest BCUT2D eigenvalue weighted by atomic mass is 32.2. The number of hydrogen-bond acceptors (Lipinski definition) is 4. The molecule has 0 bridgehead atoms. The number of benzene rings is 1. The van der Waals surface area contributed by atoms with Crippen molar-refractivity contribution in [3.05, 3.63) is 30.3 Å². The predicted molar refractivity (Wildman–Crippen MR) is 62.4 cm³/mol. The molecule has 4 N–H and O–H groups in total. The number of rotatable bonds is 4. The topological polar surface area (TPSA) is 66.5 Å². The average molecular weight is 215 g/mol. The number of thioether (sulfide) groups is 1. The van der Waals surface area contributed by atoms with Crippen molar-refractivity contribution in [2.45, 2.75) is 0 Å². The molecule has 0 aromatic heterocycles. The second kappa shape index (κ2) is 10.4. The van der Waals surface area contributed by atoms with E-state index >= 15 is 0 Å². The van der Waals surface area contributed by atoms with Crippen molar-refractivity contribution in [1.29, 1.82) is 0 Å². The van der Waals surface area contributed by atoms with E-state index in [9.17, 15) is 0 Å². The molecule has 0 heterocycles. The van der Waals surface area contributed by atoms with Gasteiger partial charge in [0.15, 0.2) is 0 Å². The number of anilines is 1. The van der Waals surface area contributed by atoms with E-state index < -0.39 is 0 Å². The minimum atomic E-state index is 0.213. The Morgan fingerprint density at radius 1 is 1.00 bits per heavy atom. The van der Waals surface area contributed by atoms with Crippen LogP contribution in [0.15, 0.2) is 30.3 Å². The molecule has 0 aliphatic carbocycles. The van der Waals surface area contributed by atoms with Gasteiger partial charge >= 0.3 is 0 Å². The Hall–Kier alpha value is -0.710. The Morgan fingerprint density at radius 3 is 1.79 bits per heavy atom. The molecular weight excluding hydrogens is 198 g/mol. The fourth-order valence-corrected chi connectivity index (χ4v) is 1.15. The Bertz CT molecular complexity index is 203. The zero-order chi connectivity index (χ0) is 10.6. The monoisotopic (exact) mass is 215 g/mol. The summed E-state index contributed by atoms with van der Waals surface area (Å²) in [5, 5.41) is 16.4. The molecule has 0 amide bonds. The zero-order valence-corrected chi connectivity index (χ0v) is 8.91. The second-order valence-corrected chi connectivity index (χ2v) is 3.70. The van der Waals surface area contributed by atoms with Crippen LogP contribution in [0.3, 0.4) is 0 Å². The molecule has 3 nitrogen and oxygen atoms in total. The summed E-state index contributed by atoms with van der Waals surface area (Å²) < 4.78 is 0. The summed E-state index contributed by atoms with van der Waals surface area (Å²) in [5.41, 5.74) is 6.18. The molecule has 80 valence electrons. The van der Waals surface area contributed by atoms with Crippen molar-refractivity contribution >= 4 is 17.4 Å². The van der Waals surface area contributed by atoms with Crippen LogP contribution in [-0.4, -0.2) is 34.9 Å². The van der Waals surface area contributed by atoms with Crippen molar-refractivity contribution in [1.82, 2.24) is 0 Å². The lowest BCUT2D eigenvalue weighted by atomic mass is 10.3. The van der Waals surface area contributed by atoms with E-state index in [-0.39, 0.29) is 13.2 Å². The summed E-state index contributed by atoms with van der Waals surface area (Å²) in [6.07, 6.45) is 0. The fraction of sp³-hybridized carbons (Fsp3) is 0.400. The maximum absolute atomic E-state index is 8.19. The van der Waals surface area contributed by atoms with Crippen molar-refractivity contribution in [3.63, 3.8) is 0 Å². The smallest absolute Gasteiger partial charge is 0.0521 e. The third kappa shape index (κ3) is 9.38. The van der Waals surface area contributed by atoms with Gasteiger partial charge in [0, 0.05) is 17.2 Å². The van der Waals surface area contributed by atoms with Gasteiger partial charge in [-0.05, 0) is 12.1 Å². The molecule has 0 radical (unpaired) electrons. The van der Waals surface area contributed by atoms with E-state index in [1.165, 1.54) is 0 Å². The molecule has 1 rings (SSSR count). The quantitative estimate of drug-likeness (QED) is 0.517. The average Bonchev–Trinajstić information content (AvgIpc) is 2.21. The van der Waals surface area contributed by atoms with Crippen LogP contribution in [0.4, 0.5) is 5.69 Å². The van der Waals surface area contributed by atoms with Crippen LogP contribution < -0.4 is 5.73 Å². The maximum atomic E-state index is 8.19. The molecular formula is C10H17NO2S. The van der Waals surface area contributed by atoms with Crippen LogP contribution >= 0.6 is 11.8 Å². The fourth-order valence-electron chi connectivity index (χ4n) is 0.684. The first kappa shape index (κ1) is 13.3. The summed E-state index contributed by atoms with van der Waals surface area (Å²) >= 11 is 1.55. The highest BCUT2D eigenvalue weighted by Crippen LogP contribution is 1.96. The van der Waals surface area contributed by atoms with Gasteiger partial charge < -0.3 is 15.9 Å². The first-order chi connectivity index (χ1) is 6.81. The minimum absolute atomic E-state index is 0.213. The normalized spacial score (nSPS) is 9.00. The second-order valence-electron chi connectivity index (χ2n) is 2.47. The molecule has 0 saturated carbocycles. The first-order valence-corrected chi connectivity index (χ1v) is 5.56.